The Balaban J connectivity index is 1.48. The van der Waals surface area contributed by atoms with Crippen molar-refractivity contribution in [3.63, 3.8) is 0 Å². The molecule has 0 bridgehead atoms. The average Bonchev–Trinajstić information content (AvgIpc) is 3.17. The fourth-order valence-electron chi connectivity index (χ4n) is 3.54. The second-order valence-corrected chi connectivity index (χ2v) is 7.17. The summed E-state index contributed by atoms with van der Waals surface area (Å²) < 4.78 is 1.97. The van der Waals surface area contributed by atoms with Crippen LogP contribution in [0.3, 0.4) is 0 Å². The number of hydrogen-bond donors (Lipinski definition) is 0. The van der Waals surface area contributed by atoms with E-state index in [0.29, 0.717) is 18.5 Å². The van der Waals surface area contributed by atoms with Crippen LogP contribution in [0, 0.1) is 0 Å². The summed E-state index contributed by atoms with van der Waals surface area (Å²) in [6.07, 6.45) is 3.67. The zero-order valence-corrected chi connectivity index (χ0v) is 16.2. The van der Waals surface area contributed by atoms with Gasteiger partial charge < -0.3 is 9.47 Å². The van der Waals surface area contributed by atoms with Crippen LogP contribution in [-0.2, 0) is 22.6 Å². The molecule has 4 rings (SSSR count). The molecule has 5 nitrogen and oxygen atoms in total. The van der Waals surface area contributed by atoms with Crippen molar-refractivity contribution >= 4 is 17.5 Å². The van der Waals surface area contributed by atoms with E-state index >= 15 is 0 Å². The van der Waals surface area contributed by atoms with Gasteiger partial charge in [0.25, 0.3) is 5.91 Å². The predicted octanol–water partition coefficient (Wildman–Crippen LogP) is 3.33. The third kappa shape index (κ3) is 4.69. The van der Waals surface area contributed by atoms with Crippen molar-refractivity contribution in [3.8, 4) is 0 Å². The van der Waals surface area contributed by atoms with Gasteiger partial charge >= 0.3 is 0 Å². The van der Waals surface area contributed by atoms with E-state index in [4.69, 9.17) is 0 Å². The molecule has 0 aliphatic carbocycles. The van der Waals surface area contributed by atoms with Crippen LogP contribution in [0.2, 0.25) is 0 Å². The van der Waals surface area contributed by atoms with Gasteiger partial charge in [0.2, 0.25) is 5.91 Å². The summed E-state index contributed by atoms with van der Waals surface area (Å²) in [6, 6.07) is 23.4. The standard InChI is InChI=1S/C24H23N3O2/c28-23(17-19-11-13-21(14-12-19)27-16-6-10-24(27)29)25-22-9-4-5-15-26(22)18-20-7-2-1-3-8-20/h1-5,7-9,11-15H,6,10,16-18H2. The Kier molecular flexibility index (Phi) is 5.66. The van der Waals surface area contributed by atoms with Crippen molar-refractivity contribution in [1.29, 1.82) is 0 Å². The summed E-state index contributed by atoms with van der Waals surface area (Å²) in [5.41, 5.74) is 3.57. The van der Waals surface area contributed by atoms with Gasteiger partial charge in [-0.25, -0.2) is 0 Å². The molecular formula is C24H23N3O2. The maximum atomic E-state index is 12.5. The van der Waals surface area contributed by atoms with E-state index < -0.39 is 0 Å². The van der Waals surface area contributed by atoms with Crippen molar-refractivity contribution in [2.75, 3.05) is 11.4 Å². The second kappa shape index (κ2) is 8.69. The van der Waals surface area contributed by atoms with Crippen molar-refractivity contribution < 1.29 is 9.59 Å². The lowest BCUT2D eigenvalue weighted by molar-refractivity contribution is -0.118. The van der Waals surface area contributed by atoms with Gasteiger partial charge in [-0.05, 0) is 41.8 Å². The van der Waals surface area contributed by atoms with Gasteiger partial charge in [0, 0.05) is 31.4 Å². The maximum absolute atomic E-state index is 12.5. The van der Waals surface area contributed by atoms with Gasteiger partial charge in [-0.2, -0.15) is 4.99 Å². The molecule has 0 N–H and O–H groups in total. The number of carbonyl (C=O) groups excluding carboxylic acids is 2. The zero-order chi connectivity index (χ0) is 20.1. The van der Waals surface area contributed by atoms with Crippen molar-refractivity contribution in [3.05, 3.63) is 95.6 Å². The molecule has 0 unspecified atom stereocenters. The SMILES string of the molecule is O=C(Cc1ccc(N2CCCC2=O)cc1)N=c1ccccn1Cc1ccccc1. The minimum Gasteiger partial charge on any atom is -0.328 e. The molecule has 0 atom stereocenters. The molecule has 3 aromatic rings. The Bertz CT molecular complexity index is 1070. The molecule has 0 spiro atoms. The molecule has 0 saturated carbocycles. The molecule has 5 heteroatoms. The third-order valence-electron chi connectivity index (χ3n) is 5.03. The van der Waals surface area contributed by atoms with Gasteiger partial charge in [-0.3, -0.25) is 9.59 Å². The highest BCUT2D eigenvalue weighted by Crippen LogP contribution is 2.21. The molecule has 2 aromatic carbocycles. The van der Waals surface area contributed by atoms with Crippen LogP contribution in [0.25, 0.3) is 0 Å². The normalized spacial score (nSPS) is 14.4. The van der Waals surface area contributed by atoms with E-state index in [1.807, 2.05) is 71.4 Å². The Hall–Kier alpha value is -3.47. The van der Waals surface area contributed by atoms with Crippen molar-refractivity contribution in [1.82, 2.24) is 4.57 Å². The smallest absolute Gasteiger partial charge is 0.252 e. The first-order valence-electron chi connectivity index (χ1n) is 9.85. The summed E-state index contributed by atoms with van der Waals surface area (Å²) in [6.45, 7) is 1.42. The molecule has 2 amide bonds. The number of carbonyl (C=O) groups is 2. The number of anilines is 1. The van der Waals surface area contributed by atoms with Gasteiger partial charge in [-0.1, -0.05) is 48.5 Å². The third-order valence-corrected chi connectivity index (χ3v) is 5.03. The first-order chi connectivity index (χ1) is 14.2. The lowest BCUT2D eigenvalue weighted by Gasteiger charge is -2.15. The van der Waals surface area contributed by atoms with Crippen LogP contribution in [0.4, 0.5) is 5.69 Å². The second-order valence-electron chi connectivity index (χ2n) is 7.17. The van der Waals surface area contributed by atoms with Gasteiger partial charge in [-0.15, -0.1) is 0 Å². The predicted molar refractivity (Wildman–Crippen MR) is 112 cm³/mol. The van der Waals surface area contributed by atoms with Crippen molar-refractivity contribution in [2.24, 2.45) is 4.99 Å². The summed E-state index contributed by atoms with van der Waals surface area (Å²) >= 11 is 0. The minimum atomic E-state index is -0.192. The highest BCUT2D eigenvalue weighted by atomic mass is 16.2. The van der Waals surface area contributed by atoms with E-state index in [9.17, 15) is 9.59 Å². The van der Waals surface area contributed by atoms with Crippen LogP contribution in [-0.4, -0.2) is 22.9 Å². The molecule has 1 fully saturated rings. The minimum absolute atomic E-state index is 0.163. The van der Waals surface area contributed by atoms with E-state index in [2.05, 4.69) is 17.1 Å². The fourth-order valence-corrected chi connectivity index (χ4v) is 3.54. The van der Waals surface area contributed by atoms with Crippen LogP contribution in [0.1, 0.15) is 24.0 Å². The Morgan fingerprint density at radius 2 is 1.66 bits per heavy atom. The monoisotopic (exact) mass is 385 g/mol. The van der Waals surface area contributed by atoms with Gasteiger partial charge in [0.15, 0.2) is 0 Å². The van der Waals surface area contributed by atoms with E-state index in [1.165, 1.54) is 0 Å². The first kappa shape index (κ1) is 18.9. The summed E-state index contributed by atoms with van der Waals surface area (Å²) in [5.74, 6) is -0.0288. The van der Waals surface area contributed by atoms with E-state index in [-0.39, 0.29) is 18.2 Å². The molecule has 29 heavy (non-hydrogen) atoms. The number of benzene rings is 2. The molecule has 1 aliphatic heterocycles. The fraction of sp³-hybridized carbons (Fsp3) is 0.208. The number of hydrogen-bond acceptors (Lipinski definition) is 2. The number of nitrogens with zero attached hydrogens (tertiary/aromatic N) is 3. The molecule has 1 aromatic heterocycles. The number of aromatic nitrogens is 1. The topological polar surface area (TPSA) is 54.7 Å². The quantitative estimate of drug-likeness (QED) is 0.676. The van der Waals surface area contributed by atoms with E-state index in [0.717, 1.165) is 29.8 Å². The summed E-state index contributed by atoms with van der Waals surface area (Å²) in [4.78, 5) is 30.5. The maximum Gasteiger partial charge on any atom is 0.252 e. The van der Waals surface area contributed by atoms with Crippen LogP contribution < -0.4 is 10.4 Å². The number of amides is 2. The number of rotatable bonds is 5. The molecule has 1 aliphatic rings. The van der Waals surface area contributed by atoms with Crippen molar-refractivity contribution in [2.45, 2.75) is 25.8 Å². The highest BCUT2D eigenvalue weighted by Gasteiger charge is 2.21. The highest BCUT2D eigenvalue weighted by molar-refractivity contribution is 5.95. The molecule has 0 radical (unpaired) electrons. The summed E-state index contributed by atoms with van der Waals surface area (Å²) in [7, 11) is 0. The lowest BCUT2D eigenvalue weighted by atomic mass is 10.1. The Morgan fingerprint density at radius 1 is 0.897 bits per heavy atom. The van der Waals surface area contributed by atoms with Crippen LogP contribution in [0.5, 0.6) is 0 Å². The largest absolute Gasteiger partial charge is 0.328 e. The van der Waals surface area contributed by atoms with Crippen LogP contribution in [0.15, 0.2) is 84.0 Å². The molecule has 2 heterocycles. The average molecular weight is 385 g/mol. The van der Waals surface area contributed by atoms with Crippen LogP contribution >= 0.6 is 0 Å². The molecule has 146 valence electrons. The van der Waals surface area contributed by atoms with Gasteiger partial charge in [0.05, 0.1) is 6.42 Å². The zero-order valence-electron chi connectivity index (χ0n) is 16.2. The molecule has 1 saturated heterocycles. The lowest BCUT2D eigenvalue weighted by Crippen LogP contribution is -2.23. The van der Waals surface area contributed by atoms with Gasteiger partial charge in [0.1, 0.15) is 5.49 Å². The Morgan fingerprint density at radius 3 is 2.38 bits per heavy atom. The molecular weight excluding hydrogens is 362 g/mol. The van der Waals surface area contributed by atoms with E-state index in [1.54, 1.807) is 4.90 Å². The Labute approximate surface area is 170 Å². The summed E-state index contributed by atoms with van der Waals surface area (Å²) in [5, 5.41) is 0. The first-order valence-corrected chi connectivity index (χ1v) is 9.85. The number of pyridine rings is 1.